The summed E-state index contributed by atoms with van der Waals surface area (Å²) < 4.78 is 5.65. The number of hydrogen-bond acceptors (Lipinski definition) is 5. The molecule has 0 fully saturated rings. The molecule has 0 bridgehead atoms. The molecule has 1 aromatic carbocycles. The van der Waals surface area contributed by atoms with Crippen LogP contribution < -0.4 is 5.32 Å². The van der Waals surface area contributed by atoms with Crippen molar-refractivity contribution in [3.05, 3.63) is 64.6 Å². The summed E-state index contributed by atoms with van der Waals surface area (Å²) >= 11 is 0. The first kappa shape index (κ1) is 19.8. The molecule has 3 aromatic rings. The molecule has 7 nitrogen and oxygen atoms in total. The van der Waals surface area contributed by atoms with Crippen molar-refractivity contribution in [2.24, 2.45) is 0 Å². The third-order valence-corrected chi connectivity index (χ3v) is 4.75. The standard InChI is InChI=1S/C21H27N5O2/c1-15-18(16(2)24-23-15)13-14-22-19(27)11-12-21-26-25-20(28-21)10-6-9-17-7-4-3-5-8-17/h3-5,7-8H,6,9-14H2,1-2H3,(H,22,27)(H,23,24). The Kier molecular flexibility index (Phi) is 6.94. The van der Waals surface area contributed by atoms with Gasteiger partial charge in [-0.3, -0.25) is 9.89 Å². The average molecular weight is 381 g/mol. The van der Waals surface area contributed by atoms with E-state index in [0.717, 1.165) is 42.6 Å². The molecule has 0 unspecified atom stereocenters. The van der Waals surface area contributed by atoms with E-state index in [1.165, 1.54) is 5.56 Å². The molecule has 0 aliphatic rings. The lowest BCUT2D eigenvalue weighted by molar-refractivity contribution is -0.121. The van der Waals surface area contributed by atoms with E-state index in [4.69, 9.17) is 4.42 Å². The first-order chi connectivity index (χ1) is 13.6. The number of carbonyl (C=O) groups is 1. The molecule has 0 aliphatic heterocycles. The van der Waals surface area contributed by atoms with Gasteiger partial charge in [-0.05, 0) is 44.2 Å². The second-order valence-electron chi connectivity index (χ2n) is 6.94. The predicted octanol–water partition coefficient (Wildman–Crippen LogP) is 2.88. The summed E-state index contributed by atoms with van der Waals surface area (Å²) in [5.41, 5.74) is 4.51. The molecule has 1 amide bonds. The zero-order valence-electron chi connectivity index (χ0n) is 16.5. The molecule has 0 spiro atoms. The number of aryl methyl sites for hydroxylation is 5. The summed E-state index contributed by atoms with van der Waals surface area (Å²) in [5.74, 6) is 1.14. The third-order valence-electron chi connectivity index (χ3n) is 4.75. The van der Waals surface area contributed by atoms with Gasteiger partial charge in [0, 0.05) is 31.5 Å². The molecule has 0 saturated carbocycles. The fourth-order valence-corrected chi connectivity index (χ4v) is 3.16. The van der Waals surface area contributed by atoms with Crippen molar-refractivity contribution < 1.29 is 9.21 Å². The number of rotatable bonds is 10. The van der Waals surface area contributed by atoms with E-state index in [-0.39, 0.29) is 5.91 Å². The van der Waals surface area contributed by atoms with Gasteiger partial charge >= 0.3 is 0 Å². The van der Waals surface area contributed by atoms with Crippen molar-refractivity contribution in [3.8, 4) is 0 Å². The highest BCUT2D eigenvalue weighted by atomic mass is 16.4. The molecule has 7 heteroatoms. The van der Waals surface area contributed by atoms with E-state index in [9.17, 15) is 4.79 Å². The van der Waals surface area contributed by atoms with Gasteiger partial charge in [-0.1, -0.05) is 30.3 Å². The molecule has 0 radical (unpaired) electrons. The third kappa shape index (κ3) is 5.77. The van der Waals surface area contributed by atoms with E-state index < -0.39 is 0 Å². The lowest BCUT2D eigenvalue weighted by Gasteiger charge is -2.04. The van der Waals surface area contributed by atoms with Crippen LogP contribution in [-0.4, -0.2) is 32.8 Å². The lowest BCUT2D eigenvalue weighted by Crippen LogP contribution is -2.26. The van der Waals surface area contributed by atoms with Crippen molar-refractivity contribution >= 4 is 5.91 Å². The summed E-state index contributed by atoms with van der Waals surface area (Å²) in [6.07, 6.45) is 4.26. The SMILES string of the molecule is Cc1n[nH]c(C)c1CCNC(=O)CCc1nnc(CCCc2ccccc2)o1. The molecule has 2 heterocycles. The van der Waals surface area contributed by atoms with Gasteiger partial charge in [-0.15, -0.1) is 10.2 Å². The van der Waals surface area contributed by atoms with Gasteiger partial charge < -0.3 is 9.73 Å². The Morgan fingerprint density at radius 3 is 2.50 bits per heavy atom. The Labute approximate surface area is 165 Å². The van der Waals surface area contributed by atoms with Crippen LogP contribution in [0.4, 0.5) is 0 Å². The van der Waals surface area contributed by atoms with E-state index in [2.05, 4.69) is 37.8 Å². The number of amides is 1. The predicted molar refractivity (Wildman–Crippen MR) is 106 cm³/mol. The molecule has 0 saturated heterocycles. The minimum absolute atomic E-state index is 0.0115. The number of aromatic amines is 1. The molecule has 0 atom stereocenters. The number of benzene rings is 1. The number of H-pyrrole nitrogens is 1. The molecule has 0 aliphatic carbocycles. The molecular weight excluding hydrogens is 354 g/mol. The first-order valence-corrected chi connectivity index (χ1v) is 9.74. The quantitative estimate of drug-likeness (QED) is 0.563. The van der Waals surface area contributed by atoms with Gasteiger partial charge in [0.1, 0.15) is 0 Å². The normalized spacial score (nSPS) is 10.9. The van der Waals surface area contributed by atoms with Crippen molar-refractivity contribution in [1.82, 2.24) is 25.7 Å². The summed E-state index contributed by atoms with van der Waals surface area (Å²) in [6.45, 7) is 4.55. The fourth-order valence-electron chi connectivity index (χ4n) is 3.16. The number of nitrogens with zero attached hydrogens (tertiary/aromatic N) is 3. The smallest absolute Gasteiger partial charge is 0.220 e. The van der Waals surface area contributed by atoms with Crippen LogP contribution >= 0.6 is 0 Å². The maximum Gasteiger partial charge on any atom is 0.220 e. The fraction of sp³-hybridized carbons (Fsp3) is 0.429. The summed E-state index contributed by atoms with van der Waals surface area (Å²) in [6, 6.07) is 10.3. The van der Waals surface area contributed by atoms with E-state index in [0.29, 0.717) is 31.2 Å². The van der Waals surface area contributed by atoms with Crippen LogP contribution in [0.15, 0.2) is 34.7 Å². The Morgan fingerprint density at radius 1 is 1.04 bits per heavy atom. The Hall–Kier alpha value is -2.96. The number of aromatic nitrogens is 4. The Morgan fingerprint density at radius 2 is 1.79 bits per heavy atom. The van der Waals surface area contributed by atoms with Gasteiger partial charge in [0.2, 0.25) is 17.7 Å². The zero-order chi connectivity index (χ0) is 19.8. The van der Waals surface area contributed by atoms with E-state index in [1.54, 1.807) is 0 Å². The minimum Gasteiger partial charge on any atom is -0.425 e. The number of carbonyl (C=O) groups excluding carboxylic acids is 1. The van der Waals surface area contributed by atoms with E-state index >= 15 is 0 Å². The highest BCUT2D eigenvalue weighted by molar-refractivity contribution is 5.76. The van der Waals surface area contributed by atoms with Crippen LogP contribution in [-0.2, 0) is 30.5 Å². The highest BCUT2D eigenvalue weighted by Crippen LogP contribution is 2.10. The van der Waals surface area contributed by atoms with Gasteiger partial charge in [0.25, 0.3) is 0 Å². The van der Waals surface area contributed by atoms with Gasteiger partial charge in [0.15, 0.2) is 0 Å². The molecular formula is C21H27N5O2. The first-order valence-electron chi connectivity index (χ1n) is 9.74. The maximum absolute atomic E-state index is 12.0. The topological polar surface area (TPSA) is 96.7 Å². The van der Waals surface area contributed by atoms with Crippen molar-refractivity contribution in [1.29, 1.82) is 0 Å². The number of nitrogens with one attached hydrogen (secondary N) is 2. The van der Waals surface area contributed by atoms with Crippen LogP contribution in [0.25, 0.3) is 0 Å². The average Bonchev–Trinajstić information content (AvgIpc) is 3.28. The molecule has 28 heavy (non-hydrogen) atoms. The van der Waals surface area contributed by atoms with Crippen LogP contribution in [0.5, 0.6) is 0 Å². The monoisotopic (exact) mass is 381 g/mol. The van der Waals surface area contributed by atoms with Crippen LogP contribution in [0, 0.1) is 13.8 Å². The van der Waals surface area contributed by atoms with Crippen molar-refractivity contribution in [2.75, 3.05) is 6.54 Å². The molecule has 148 valence electrons. The van der Waals surface area contributed by atoms with Gasteiger partial charge in [-0.2, -0.15) is 5.10 Å². The maximum atomic E-state index is 12.0. The number of hydrogen-bond donors (Lipinski definition) is 2. The van der Waals surface area contributed by atoms with Crippen LogP contribution in [0.2, 0.25) is 0 Å². The van der Waals surface area contributed by atoms with Crippen molar-refractivity contribution in [3.63, 3.8) is 0 Å². The van der Waals surface area contributed by atoms with Crippen molar-refractivity contribution in [2.45, 2.75) is 52.4 Å². The second-order valence-corrected chi connectivity index (χ2v) is 6.94. The van der Waals surface area contributed by atoms with Gasteiger partial charge in [0.05, 0.1) is 5.69 Å². The van der Waals surface area contributed by atoms with Crippen LogP contribution in [0.1, 0.15) is 47.1 Å². The summed E-state index contributed by atoms with van der Waals surface area (Å²) in [7, 11) is 0. The molecule has 3 rings (SSSR count). The molecule has 2 aromatic heterocycles. The minimum atomic E-state index is -0.0115. The molecule has 2 N–H and O–H groups in total. The second kappa shape index (κ2) is 9.82. The Bertz CT molecular complexity index is 866. The van der Waals surface area contributed by atoms with E-state index in [1.807, 2.05) is 32.0 Å². The summed E-state index contributed by atoms with van der Waals surface area (Å²) in [5, 5.41) is 18.2. The zero-order valence-corrected chi connectivity index (χ0v) is 16.5. The Balaban J connectivity index is 1.34. The highest BCUT2D eigenvalue weighted by Gasteiger charge is 2.10. The van der Waals surface area contributed by atoms with Crippen LogP contribution in [0.3, 0.4) is 0 Å². The lowest BCUT2D eigenvalue weighted by atomic mass is 10.1. The summed E-state index contributed by atoms with van der Waals surface area (Å²) in [4.78, 5) is 12.0. The largest absolute Gasteiger partial charge is 0.425 e. The van der Waals surface area contributed by atoms with Gasteiger partial charge in [-0.25, -0.2) is 0 Å².